The normalized spacial score (nSPS) is 11.4. The molecular weight excluding hydrogens is 352 g/mol. The predicted molar refractivity (Wildman–Crippen MR) is 76.0 cm³/mol. The molecule has 2 aromatic carbocycles. The van der Waals surface area contributed by atoms with Crippen LogP contribution in [0.15, 0.2) is 45.8 Å². The highest BCUT2D eigenvalue weighted by Gasteiger charge is 2.20. The molecular formula is C13H10BrF2NO2S. The van der Waals surface area contributed by atoms with Crippen molar-refractivity contribution < 1.29 is 17.2 Å². The first-order valence-electron chi connectivity index (χ1n) is 5.53. The molecule has 0 atom stereocenters. The molecule has 0 saturated carbocycles. The van der Waals surface area contributed by atoms with Crippen LogP contribution in [0.4, 0.5) is 14.5 Å². The van der Waals surface area contributed by atoms with Crippen molar-refractivity contribution in [3.63, 3.8) is 0 Å². The molecule has 7 heteroatoms. The molecule has 106 valence electrons. The smallest absolute Gasteiger partial charge is 0.264 e. The zero-order valence-electron chi connectivity index (χ0n) is 10.3. The molecule has 1 N–H and O–H groups in total. The second kappa shape index (κ2) is 5.49. The SMILES string of the molecule is Cc1cc(F)ccc1NS(=O)(=O)c1ccc(Br)cc1F. The molecule has 0 heterocycles. The van der Waals surface area contributed by atoms with Crippen LogP contribution in [0.2, 0.25) is 0 Å². The summed E-state index contributed by atoms with van der Waals surface area (Å²) in [6.45, 7) is 1.55. The standard InChI is InChI=1S/C13H10BrF2NO2S/c1-8-6-10(15)3-4-12(8)17-20(18,19)13-5-2-9(14)7-11(13)16/h2-7,17H,1H3. The van der Waals surface area contributed by atoms with Gasteiger partial charge in [-0.15, -0.1) is 0 Å². The summed E-state index contributed by atoms with van der Waals surface area (Å²) in [6, 6.07) is 7.25. The van der Waals surface area contributed by atoms with Crippen LogP contribution in [0.1, 0.15) is 5.56 Å². The predicted octanol–water partition coefficient (Wildman–Crippen LogP) is 3.84. The second-order valence-corrected chi connectivity index (χ2v) is 6.71. The van der Waals surface area contributed by atoms with Crippen molar-refractivity contribution in [2.45, 2.75) is 11.8 Å². The van der Waals surface area contributed by atoms with Crippen molar-refractivity contribution in [3.8, 4) is 0 Å². The van der Waals surface area contributed by atoms with Gasteiger partial charge in [-0.05, 0) is 48.9 Å². The molecule has 0 amide bonds. The number of aryl methyl sites for hydroxylation is 1. The van der Waals surface area contributed by atoms with Crippen LogP contribution in [0.5, 0.6) is 0 Å². The lowest BCUT2D eigenvalue weighted by Crippen LogP contribution is -2.15. The van der Waals surface area contributed by atoms with E-state index in [4.69, 9.17) is 0 Å². The van der Waals surface area contributed by atoms with Gasteiger partial charge in [0.25, 0.3) is 10.0 Å². The molecule has 0 bridgehead atoms. The Kier molecular flexibility index (Phi) is 4.10. The summed E-state index contributed by atoms with van der Waals surface area (Å²) in [5.41, 5.74) is 0.611. The summed E-state index contributed by atoms with van der Waals surface area (Å²) in [7, 11) is -4.06. The van der Waals surface area contributed by atoms with Crippen LogP contribution < -0.4 is 4.72 Å². The average molecular weight is 362 g/mol. The number of anilines is 1. The second-order valence-electron chi connectivity index (χ2n) is 4.14. The van der Waals surface area contributed by atoms with Crippen molar-refractivity contribution >= 4 is 31.6 Å². The van der Waals surface area contributed by atoms with Crippen LogP contribution in [0, 0.1) is 18.6 Å². The topological polar surface area (TPSA) is 46.2 Å². The third-order valence-corrected chi connectivity index (χ3v) is 4.51. The van der Waals surface area contributed by atoms with Gasteiger partial charge in [0.1, 0.15) is 16.5 Å². The third-order valence-electron chi connectivity index (χ3n) is 2.62. The highest BCUT2D eigenvalue weighted by atomic mass is 79.9. The van der Waals surface area contributed by atoms with Gasteiger partial charge in [0.05, 0.1) is 5.69 Å². The first-order chi connectivity index (χ1) is 9.29. The minimum atomic E-state index is -4.06. The van der Waals surface area contributed by atoms with E-state index in [1.807, 2.05) is 0 Å². The first kappa shape index (κ1) is 14.9. The number of nitrogens with one attached hydrogen (secondary N) is 1. The number of hydrogen-bond donors (Lipinski definition) is 1. The van der Waals surface area contributed by atoms with E-state index in [1.54, 1.807) is 6.92 Å². The van der Waals surface area contributed by atoms with Crippen LogP contribution in [0.3, 0.4) is 0 Å². The van der Waals surface area contributed by atoms with Gasteiger partial charge < -0.3 is 0 Å². The summed E-state index contributed by atoms with van der Waals surface area (Å²) < 4.78 is 53.6. The Morgan fingerprint density at radius 2 is 1.80 bits per heavy atom. The van der Waals surface area contributed by atoms with Crippen LogP contribution >= 0.6 is 15.9 Å². The maximum absolute atomic E-state index is 13.7. The molecule has 0 aromatic heterocycles. The van der Waals surface area contributed by atoms with Gasteiger partial charge in [0.15, 0.2) is 0 Å². The van der Waals surface area contributed by atoms with E-state index in [9.17, 15) is 17.2 Å². The van der Waals surface area contributed by atoms with Crippen LogP contribution in [-0.4, -0.2) is 8.42 Å². The van der Waals surface area contributed by atoms with Crippen LogP contribution in [-0.2, 0) is 10.0 Å². The Morgan fingerprint density at radius 3 is 2.40 bits per heavy atom. The molecule has 0 aliphatic rings. The van der Waals surface area contributed by atoms with Crippen molar-refractivity contribution in [2.24, 2.45) is 0 Å². The zero-order valence-corrected chi connectivity index (χ0v) is 12.7. The van der Waals surface area contributed by atoms with E-state index in [2.05, 4.69) is 20.7 Å². The van der Waals surface area contributed by atoms with Crippen LogP contribution in [0.25, 0.3) is 0 Å². The van der Waals surface area contributed by atoms with Gasteiger partial charge in [-0.25, -0.2) is 17.2 Å². The Balaban J connectivity index is 2.41. The van der Waals surface area contributed by atoms with Gasteiger partial charge in [-0.3, -0.25) is 4.72 Å². The minimum Gasteiger partial charge on any atom is -0.279 e. The maximum atomic E-state index is 13.7. The molecule has 2 aromatic rings. The van der Waals surface area contributed by atoms with E-state index in [0.717, 1.165) is 18.2 Å². The summed E-state index contributed by atoms with van der Waals surface area (Å²) in [6.07, 6.45) is 0. The van der Waals surface area contributed by atoms with E-state index >= 15 is 0 Å². The van der Waals surface area contributed by atoms with E-state index in [1.165, 1.54) is 18.2 Å². The summed E-state index contributed by atoms with van der Waals surface area (Å²) in [5.74, 6) is -1.34. The monoisotopic (exact) mass is 361 g/mol. The number of sulfonamides is 1. The molecule has 0 fully saturated rings. The fourth-order valence-electron chi connectivity index (χ4n) is 1.63. The lowest BCUT2D eigenvalue weighted by atomic mass is 10.2. The zero-order chi connectivity index (χ0) is 14.9. The van der Waals surface area contributed by atoms with Gasteiger partial charge in [-0.2, -0.15) is 0 Å². The average Bonchev–Trinajstić information content (AvgIpc) is 2.32. The third kappa shape index (κ3) is 3.16. The van der Waals surface area contributed by atoms with E-state index in [0.29, 0.717) is 10.0 Å². The first-order valence-corrected chi connectivity index (χ1v) is 7.81. The number of halogens is 3. The lowest BCUT2D eigenvalue weighted by Gasteiger charge is -2.11. The number of hydrogen-bond acceptors (Lipinski definition) is 2. The van der Waals surface area contributed by atoms with Gasteiger partial charge >= 0.3 is 0 Å². The molecule has 2 rings (SSSR count). The van der Waals surface area contributed by atoms with E-state index < -0.39 is 26.6 Å². The van der Waals surface area contributed by atoms with Crippen molar-refractivity contribution in [1.29, 1.82) is 0 Å². The van der Waals surface area contributed by atoms with Crippen molar-refractivity contribution in [2.75, 3.05) is 4.72 Å². The lowest BCUT2D eigenvalue weighted by molar-refractivity contribution is 0.569. The Labute approximate surface area is 123 Å². The highest BCUT2D eigenvalue weighted by molar-refractivity contribution is 9.10. The molecule has 0 aliphatic carbocycles. The fraction of sp³-hybridized carbons (Fsp3) is 0.0769. The Hall–Kier alpha value is -1.47. The molecule has 0 spiro atoms. The number of rotatable bonds is 3. The Bertz CT molecular complexity index is 763. The van der Waals surface area contributed by atoms with Crippen molar-refractivity contribution in [1.82, 2.24) is 0 Å². The quantitative estimate of drug-likeness (QED) is 0.902. The largest absolute Gasteiger partial charge is 0.279 e. The summed E-state index contributed by atoms with van der Waals surface area (Å²) in [5, 5.41) is 0. The van der Waals surface area contributed by atoms with Gasteiger partial charge in [0, 0.05) is 4.47 Å². The van der Waals surface area contributed by atoms with E-state index in [-0.39, 0.29) is 5.69 Å². The molecule has 0 unspecified atom stereocenters. The summed E-state index contributed by atoms with van der Waals surface area (Å²) in [4.78, 5) is -0.468. The van der Waals surface area contributed by atoms with Gasteiger partial charge in [0.2, 0.25) is 0 Å². The number of benzene rings is 2. The molecule has 0 radical (unpaired) electrons. The maximum Gasteiger partial charge on any atom is 0.264 e. The summed E-state index contributed by atoms with van der Waals surface area (Å²) >= 11 is 3.05. The fourth-order valence-corrected chi connectivity index (χ4v) is 3.16. The molecule has 0 aliphatic heterocycles. The van der Waals surface area contributed by atoms with Gasteiger partial charge in [-0.1, -0.05) is 15.9 Å². The molecule has 20 heavy (non-hydrogen) atoms. The van der Waals surface area contributed by atoms with Crippen molar-refractivity contribution in [3.05, 3.63) is 58.1 Å². The molecule has 3 nitrogen and oxygen atoms in total. The highest BCUT2D eigenvalue weighted by Crippen LogP contribution is 2.24. The minimum absolute atomic E-state index is 0.203. The Morgan fingerprint density at radius 1 is 1.10 bits per heavy atom. The molecule has 0 saturated heterocycles.